The number of hydrogen-bond acceptors (Lipinski definition) is 4. The minimum atomic E-state index is -0.0772. The van der Waals surface area contributed by atoms with E-state index in [2.05, 4.69) is 4.98 Å². The predicted octanol–water partition coefficient (Wildman–Crippen LogP) is 2.73. The highest BCUT2D eigenvalue weighted by Crippen LogP contribution is 2.29. The molecule has 4 heteroatoms. The maximum absolute atomic E-state index is 6.21. The van der Waals surface area contributed by atoms with E-state index in [9.17, 15) is 0 Å². The summed E-state index contributed by atoms with van der Waals surface area (Å²) >= 11 is 0. The van der Waals surface area contributed by atoms with E-state index in [4.69, 9.17) is 15.2 Å². The third-order valence-corrected chi connectivity index (χ3v) is 3.10. The molecule has 0 aliphatic rings. The first-order valence-electron chi connectivity index (χ1n) is 6.69. The number of nitrogens with zero attached hydrogens (tertiary/aromatic N) is 1. The largest absolute Gasteiger partial charge is 0.493 e. The quantitative estimate of drug-likeness (QED) is 0.878. The van der Waals surface area contributed by atoms with Crippen LogP contribution in [0.1, 0.15) is 24.1 Å². The second kappa shape index (κ2) is 6.91. The molecule has 1 aromatic carbocycles. The molecule has 1 atom stereocenters. The summed E-state index contributed by atoms with van der Waals surface area (Å²) in [5, 5.41) is 0. The van der Waals surface area contributed by atoms with Crippen LogP contribution >= 0.6 is 0 Å². The van der Waals surface area contributed by atoms with Crippen molar-refractivity contribution in [1.29, 1.82) is 0 Å². The highest BCUT2D eigenvalue weighted by atomic mass is 16.5. The van der Waals surface area contributed by atoms with Crippen LogP contribution in [0, 0.1) is 0 Å². The zero-order valence-corrected chi connectivity index (χ0v) is 11.9. The van der Waals surface area contributed by atoms with E-state index in [0.29, 0.717) is 6.61 Å². The van der Waals surface area contributed by atoms with Crippen molar-refractivity contribution in [3.63, 3.8) is 0 Å². The molecule has 1 heterocycles. The molecule has 2 aromatic rings. The first-order valence-corrected chi connectivity index (χ1v) is 6.69. The first-order chi connectivity index (χ1) is 9.74. The van der Waals surface area contributed by atoms with Gasteiger partial charge in [0.2, 0.25) is 0 Å². The lowest BCUT2D eigenvalue weighted by Crippen LogP contribution is -2.13. The minimum Gasteiger partial charge on any atom is -0.493 e. The lowest BCUT2D eigenvalue weighted by molar-refractivity contribution is 0.310. The second-order valence-electron chi connectivity index (χ2n) is 4.52. The fourth-order valence-electron chi connectivity index (χ4n) is 2.08. The van der Waals surface area contributed by atoms with Crippen LogP contribution < -0.4 is 15.2 Å². The van der Waals surface area contributed by atoms with E-state index < -0.39 is 0 Å². The lowest BCUT2D eigenvalue weighted by atomic mass is 10.0. The van der Waals surface area contributed by atoms with Crippen LogP contribution in [-0.2, 0) is 6.42 Å². The Morgan fingerprint density at radius 3 is 2.75 bits per heavy atom. The molecule has 1 unspecified atom stereocenters. The van der Waals surface area contributed by atoms with Gasteiger partial charge in [-0.15, -0.1) is 0 Å². The molecule has 0 radical (unpaired) electrons. The van der Waals surface area contributed by atoms with Gasteiger partial charge >= 0.3 is 0 Å². The number of pyridine rings is 1. The Balaban J connectivity index is 2.15. The van der Waals surface area contributed by atoms with Crippen LogP contribution in [-0.4, -0.2) is 18.7 Å². The summed E-state index contributed by atoms with van der Waals surface area (Å²) < 4.78 is 10.9. The first kappa shape index (κ1) is 14.3. The molecule has 2 rings (SSSR count). The van der Waals surface area contributed by atoms with Gasteiger partial charge in [0.05, 0.1) is 13.7 Å². The highest BCUT2D eigenvalue weighted by Gasteiger charge is 2.10. The summed E-state index contributed by atoms with van der Waals surface area (Å²) in [4.78, 5) is 4.10. The van der Waals surface area contributed by atoms with Crippen molar-refractivity contribution in [1.82, 2.24) is 4.98 Å². The van der Waals surface area contributed by atoms with E-state index in [1.165, 1.54) is 0 Å². The van der Waals surface area contributed by atoms with Crippen LogP contribution in [0.2, 0.25) is 0 Å². The summed E-state index contributed by atoms with van der Waals surface area (Å²) in [6, 6.07) is 9.72. The minimum absolute atomic E-state index is 0.0772. The fraction of sp³-hybridized carbons (Fsp3) is 0.312. The molecule has 0 amide bonds. The molecule has 1 aromatic heterocycles. The number of aromatic nitrogens is 1. The monoisotopic (exact) mass is 272 g/mol. The van der Waals surface area contributed by atoms with E-state index in [1.54, 1.807) is 19.5 Å². The smallest absolute Gasteiger partial charge is 0.161 e. The molecule has 0 bridgehead atoms. The van der Waals surface area contributed by atoms with E-state index >= 15 is 0 Å². The van der Waals surface area contributed by atoms with Crippen molar-refractivity contribution in [2.75, 3.05) is 13.7 Å². The van der Waals surface area contributed by atoms with Crippen molar-refractivity contribution in [2.24, 2.45) is 5.73 Å². The van der Waals surface area contributed by atoms with Gasteiger partial charge < -0.3 is 15.2 Å². The molecular formula is C16H20N2O2. The third-order valence-electron chi connectivity index (χ3n) is 3.10. The maximum atomic E-state index is 6.21. The summed E-state index contributed by atoms with van der Waals surface area (Å²) in [7, 11) is 1.64. The Morgan fingerprint density at radius 2 is 2.10 bits per heavy atom. The van der Waals surface area contributed by atoms with Crippen molar-refractivity contribution in [3.8, 4) is 11.5 Å². The second-order valence-corrected chi connectivity index (χ2v) is 4.52. The van der Waals surface area contributed by atoms with Gasteiger partial charge in [0, 0.05) is 18.4 Å². The number of benzene rings is 1. The molecule has 0 saturated heterocycles. The maximum Gasteiger partial charge on any atom is 0.161 e. The average molecular weight is 272 g/mol. The predicted molar refractivity (Wildman–Crippen MR) is 79.0 cm³/mol. The summed E-state index contributed by atoms with van der Waals surface area (Å²) in [6.45, 7) is 2.56. The van der Waals surface area contributed by atoms with Crippen molar-refractivity contribution in [2.45, 2.75) is 19.4 Å². The van der Waals surface area contributed by atoms with Crippen molar-refractivity contribution < 1.29 is 9.47 Å². The van der Waals surface area contributed by atoms with Gasteiger partial charge in [-0.05, 0) is 42.7 Å². The topological polar surface area (TPSA) is 57.4 Å². The standard InChI is InChI=1S/C16H20N2O2/c1-3-20-16-10-12(6-7-15(16)19-2)9-14(17)13-5-4-8-18-11-13/h4-8,10-11,14H,3,9,17H2,1-2H3. The zero-order valence-electron chi connectivity index (χ0n) is 11.9. The number of ether oxygens (including phenoxy) is 2. The van der Waals surface area contributed by atoms with Crippen LogP contribution in [0.3, 0.4) is 0 Å². The van der Waals surface area contributed by atoms with Gasteiger partial charge in [-0.25, -0.2) is 0 Å². The normalized spacial score (nSPS) is 11.9. The average Bonchev–Trinajstić information content (AvgIpc) is 2.49. The van der Waals surface area contributed by atoms with Crippen molar-refractivity contribution in [3.05, 3.63) is 53.9 Å². The Hall–Kier alpha value is -2.07. The molecule has 4 nitrogen and oxygen atoms in total. The van der Waals surface area contributed by atoms with Gasteiger partial charge in [-0.3, -0.25) is 4.98 Å². The molecule has 0 aliphatic carbocycles. The molecule has 0 spiro atoms. The van der Waals surface area contributed by atoms with Crippen LogP contribution in [0.15, 0.2) is 42.7 Å². The molecule has 20 heavy (non-hydrogen) atoms. The lowest BCUT2D eigenvalue weighted by Gasteiger charge is -2.14. The molecule has 0 saturated carbocycles. The fourth-order valence-corrected chi connectivity index (χ4v) is 2.08. The van der Waals surface area contributed by atoms with Gasteiger partial charge in [-0.1, -0.05) is 12.1 Å². The highest BCUT2D eigenvalue weighted by molar-refractivity contribution is 5.43. The molecule has 0 aliphatic heterocycles. The number of hydrogen-bond donors (Lipinski definition) is 1. The molecule has 106 valence electrons. The Labute approximate surface area is 119 Å². The van der Waals surface area contributed by atoms with E-state index in [1.807, 2.05) is 37.3 Å². The van der Waals surface area contributed by atoms with Crippen LogP contribution in [0.4, 0.5) is 0 Å². The Morgan fingerprint density at radius 1 is 1.25 bits per heavy atom. The summed E-state index contributed by atoms with van der Waals surface area (Å²) in [5.74, 6) is 1.50. The Kier molecular flexibility index (Phi) is 4.96. The van der Waals surface area contributed by atoms with Gasteiger partial charge in [0.1, 0.15) is 0 Å². The zero-order chi connectivity index (χ0) is 14.4. The SMILES string of the molecule is CCOc1cc(CC(N)c2cccnc2)ccc1OC. The number of rotatable bonds is 6. The Bertz CT molecular complexity index is 543. The van der Waals surface area contributed by atoms with Crippen LogP contribution in [0.5, 0.6) is 11.5 Å². The summed E-state index contributed by atoms with van der Waals surface area (Å²) in [6.07, 6.45) is 4.28. The number of methoxy groups -OCH3 is 1. The third kappa shape index (κ3) is 3.48. The van der Waals surface area contributed by atoms with Gasteiger partial charge in [-0.2, -0.15) is 0 Å². The molecular weight excluding hydrogens is 252 g/mol. The molecule has 0 fully saturated rings. The van der Waals surface area contributed by atoms with Gasteiger partial charge in [0.15, 0.2) is 11.5 Å². The van der Waals surface area contributed by atoms with E-state index in [0.717, 1.165) is 29.0 Å². The van der Waals surface area contributed by atoms with Crippen molar-refractivity contribution >= 4 is 0 Å². The molecule has 2 N–H and O–H groups in total. The number of nitrogens with two attached hydrogens (primary N) is 1. The van der Waals surface area contributed by atoms with Crippen LogP contribution in [0.25, 0.3) is 0 Å². The van der Waals surface area contributed by atoms with E-state index in [-0.39, 0.29) is 6.04 Å². The van der Waals surface area contributed by atoms with Gasteiger partial charge in [0.25, 0.3) is 0 Å². The summed E-state index contributed by atoms with van der Waals surface area (Å²) in [5.41, 5.74) is 8.35.